The molecule has 5 heteroatoms. The van der Waals surface area contributed by atoms with Gasteiger partial charge in [-0.15, -0.1) is 11.3 Å². The third-order valence-electron chi connectivity index (χ3n) is 4.40. The first-order valence-electron chi connectivity index (χ1n) is 8.01. The zero-order valence-corrected chi connectivity index (χ0v) is 13.9. The fraction of sp³-hybridized carbons (Fsp3) is 0.471. The van der Waals surface area contributed by atoms with Crippen molar-refractivity contribution in [1.29, 1.82) is 0 Å². The van der Waals surface area contributed by atoms with Gasteiger partial charge in [-0.25, -0.2) is 4.99 Å². The van der Waals surface area contributed by atoms with Crippen molar-refractivity contribution in [2.45, 2.75) is 32.4 Å². The van der Waals surface area contributed by atoms with E-state index in [2.05, 4.69) is 51.8 Å². The molecule has 1 aliphatic heterocycles. The van der Waals surface area contributed by atoms with Gasteiger partial charge in [0.1, 0.15) is 0 Å². The predicted molar refractivity (Wildman–Crippen MR) is 95.4 cm³/mol. The molecule has 1 aliphatic rings. The number of nitrogens with zero attached hydrogens (tertiary/aromatic N) is 2. The largest absolute Gasteiger partial charge is 0.370 e. The molecule has 0 bridgehead atoms. The van der Waals surface area contributed by atoms with Gasteiger partial charge >= 0.3 is 0 Å². The van der Waals surface area contributed by atoms with Gasteiger partial charge in [-0.3, -0.25) is 4.90 Å². The molecule has 1 saturated heterocycles. The second-order valence-electron chi connectivity index (χ2n) is 5.76. The fourth-order valence-corrected chi connectivity index (χ4v) is 4.10. The van der Waals surface area contributed by atoms with E-state index >= 15 is 0 Å². The molecule has 22 heavy (non-hydrogen) atoms. The number of benzene rings is 1. The van der Waals surface area contributed by atoms with Gasteiger partial charge in [-0.2, -0.15) is 0 Å². The molecule has 4 nitrogen and oxygen atoms in total. The Balaban J connectivity index is 1.56. The highest BCUT2D eigenvalue weighted by molar-refractivity contribution is 7.17. The van der Waals surface area contributed by atoms with Crippen LogP contribution >= 0.6 is 11.3 Å². The van der Waals surface area contributed by atoms with E-state index in [0.717, 1.165) is 13.1 Å². The summed E-state index contributed by atoms with van der Waals surface area (Å²) in [5.74, 6) is 0.554. The normalized spacial score (nSPS) is 19.9. The smallest absolute Gasteiger partial charge is 0.188 e. The molecule has 0 saturated carbocycles. The van der Waals surface area contributed by atoms with Crippen LogP contribution in [0.25, 0.3) is 10.1 Å². The van der Waals surface area contributed by atoms with Crippen molar-refractivity contribution in [1.82, 2.24) is 10.2 Å². The van der Waals surface area contributed by atoms with Crippen LogP contribution in [0.1, 0.15) is 25.3 Å². The minimum Gasteiger partial charge on any atom is -0.370 e. The van der Waals surface area contributed by atoms with E-state index < -0.39 is 0 Å². The summed E-state index contributed by atoms with van der Waals surface area (Å²) in [6, 6.07) is 9.04. The molecule has 1 aromatic carbocycles. The number of likely N-dealkylation sites (N-methyl/N-ethyl adjacent to an activating group) is 1. The SMILES string of the molecule is CCN1CCCC1CNC(N)=NCc1csc2ccccc12. The molecule has 1 aromatic heterocycles. The van der Waals surface area contributed by atoms with Gasteiger partial charge in [0.15, 0.2) is 5.96 Å². The van der Waals surface area contributed by atoms with Crippen LogP contribution in [0.2, 0.25) is 0 Å². The van der Waals surface area contributed by atoms with Crippen molar-refractivity contribution in [3.05, 3.63) is 35.2 Å². The second kappa shape index (κ2) is 7.11. The van der Waals surface area contributed by atoms with Gasteiger partial charge in [-0.05, 0) is 48.3 Å². The molecule has 118 valence electrons. The van der Waals surface area contributed by atoms with Crippen molar-refractivity contribution in [2.24, 2.45) is 10.7 Å². The number of aliphatic imine (C=N–C) groups is 1. The summed E-state index contributed by atoms with van der Waals surface area (Å²) in [6.07, 6.45) is 2.54. The number of fused-ring (bicyclic) bond motifs is 1. The maximum absolute atomic E-state index is 6.02. The van der Waals surface area contributed by atoms with Gasteiger partial charge in [0.25, 0.3) is 0 Å². The molecule has 0 spiro atoms. The molecule has 3 rings (SSSR count). The van der Waals surface area contributed by atoms with E-state index in [4.69, 9.17) is 5.73 Å². The number of hydrogen-bond donors (Lipinski definition) is 2. The van der Waals surface area contributed by atoms with Gasteiger partial charge in [0, 0.05) is 17.3 Å². The number of likely N-dealkylation sites (tertiary alicyclic amines) is 1. The van der Waals surface area contributed by atoms with E-state index in [1.54, 1.807) is 11.3 Å². The Morgan fingerprint density at radius 3 is 3.18 bits per heavy atom. The molecular weight excluding hydrogens is 292 g/mol. The topological polar surface area (TPSA) is 53.6 Å². The van der Waals surface area contributed by atoms with Crippen LogP contribution in [-0.2, 0) is 6.54 Å². The number of guanidine groups is 1. The molecular formula is C17H24N4S. The van der Waals surface area contributed by atoms with Crippen LogP contribution in [0, 0.1) is 0 Å². The average molecular weight is 316 g/mol. The van der Waals surface area contributed by atoms with Gasteiger partial charge in [-0.1, -0.05) is 25.1 Å². The molecule has 0 aliphatic carbocycles. The van der Waals surface area contributed by atoms with Crippen LogP contribution in [0.3, 0.4) is 0 Å². The van der Waals surface area contributed by atoms with Crippen molar-refractivity contribution in [3.8, 4) is 0 Å². The monoisotopic (exact) mass is 316 g/mol. The number of rotatable bonds is 5. The number of thiophene rings is 1. The summed E-state index contributed by atoms with van der Waals surface area (Å²) >= 11 is 1.77. The Bertz CT molecular complexity index is 649. The van der Waals surface area contributed by atoms with Crippen molar-refractivity contribution in [3.63, 3.8) is 0 Å². The fourth-order valence-electron chi connectivity index (χ4n) is 3.15. The quantitative estimate of drug-likeness (QED) is 0.659. The summed E-state index contributed by atoms with van der Waals surface area (Å²) in [7, 11) is 0. The van der Waals surface area contributed by atoms with Crippen molar-refractivity contribution in [2.75, 3.05) is 19.6 Å². The maximum Gasteiger partial charge on any atom is 0.188 e. The third kappa shape index (κ3) is 3.42. The van der Waals surface area contributed by atoms with Crippen LogP contribution < -0.4 is 11.1 Å². The second-order valence-corrected chi connectivity index (χ2v) is 6.68. The van der Waals surface area contributed by atoms with Gasteiger partial charge in [0.05, 0.1) is 6.54 Å². The van der Waals surface area contributed by atoms with Crippen LogP contribution in [-0.4, -0.2) is 36.5 Å². The van der Waals surface area contributed by atoms with Crippen LogP contribution in [0.4, 0.5) is 0 Å². The lowest BCUT2D eigenvalue weighted by atomic mass is 10.2. The predicted octanol–water partition coefficient (Wildman–Crippen LogP) is 2.79. The van der Waals surface area contributed by atoms with E-state index in [9.17, 15) is 0 Å². The lowest BCUT2D eigenvalue weighted by Gasteiger charge is -2.23. The van der Waals surface area contributed by atoms with Crippen LogP contribution in [0.15, 0.2) is 34.6 Å². The van der Waals surface area contributed by atoms with E-state index in [1.807, 2.05) is 0 Å². The average Bonchev–Trinajstić information content (AvgIpc) is 3.17. The lowest BCUT2D eigenvalue weighted by molar-refractivity contribution is 0.267. The highest BCUT2D eigenvalue weighted by atomic mass is 32.1. The number of nitrogens with one attached hydrogen (secondary N) is 1. The first kappa shape index (κ1) is 15.3. The number of nitrogens with two attached hydrogens (primary N) is 1. The maximum atomic E-state index is 6.02. The summed E-state index contributed by atoms with van der Waals surface area (Å²) in [5, 5.41) is 6.76. The molecule has 1 unspecified atom stereocenters. The molecule has 2 aromatic rings. The van der Waals surface area contributed by atoms with Gasteiger partial charge < -0.3 is 11.1 Å². The summed E-state index contributed by atoms with van der Waals surface area (Å²) in [4.78, 5) is 7.01. The molecule has 1 fully saturated rings. The highest BCUT2D eigenvalue weighted by Gasteiger charge is 2.22. The minimum atomic E-state index is 0.554. The van der Waals surface area contributed by atoms with Crippen LogP contribution in [0.5, 0.6) is 0 Å². The summed E-state index contributed by atoms with van der Waals surface area (Å²) < 4.78 is 1.31. The zero-order chi connectivity index (χ0) is 15.4. The summed E-state index contributed by atoms with van der Waals surface area (Å²) in [5.41, 5.74) is 7.27. The number of hydrogen-bond acceptors (Lipinski definition) is 3. The molecule has 2 heterocycles. The van der Waals surface area contributed by atoms with Crippen molar-refractivity contribution >= 4 is 27.4 Å². The summed E-state index contributed by atoms with van der Waals surface area (Å²) in [6.45, 7) is 6.08. The zero-order valence-electron chi connectivity index (χ0n) is 13.1. The van der Waals surface area contributed by atoms with E-state index in [0.29, 0.717) is 18.5 Å². The Morgan fingerprint density at radius 2 is 2.32 bits per heavy atom. The molecule has 0 radical (unpaired) electrons. The Hall–Kier alpha value is -1.59. The standard InChI is InChI=1S/C17H24N4S/c1-2-21-9-5-6-14(21)11-20-17(18)19-10-13-12-22-16-8-4-3-7-15(13)16/h3-4,7-8,12,14H,2,5-6,9-11H2,1H3,(H3,18,19,20). The molecule has 3 N–H and O–H groups in total. The van der Waals surface area contributed by atoms with E-state index in [1.165, 1.54) is 35.0 Å². The Kier molecular flexibility index (Phi) is 4.95. The third-order valence-corrected chi connectivity index (χ3v) is 5.42. The molecule has 1 atom stereocenters. The first-order chi connectivity index (χ1) is 10.8. The molecule has 0 amide bonds. The van der Waals surface area contributed by atoms with E-state index in [-0.39, 0.29) is 0 Å². The Morgan fingerprint density at radius 1 is 1.45 bits per heavy atom. The minimum absolute atomic E-state index is 0.554. The van der Waals surface area contributed by atoms with Gasteiger partial charge in [0.2, 0.25) is 0 Å². The lowest BCUT2D eigenvalue weighted by Crippen LogP contribution is -2.42. The highest BCUT2D eigenvalue weighted by Crippen LogP contribution is 2.26. The Labute approximate surface area is 136 Å². The first-order valence-corrected chi connectivity index (χ1v) is 8.89. The van der Waals surface area contributed by atoms with Crippen molar-refractivity contribution < 1.29 is 0 Å².